The second-order valence-corrected chi connectivity index (χ2v) is 6.23. The largest absolute Gasteiger partial charge is 0.503 e. The minimum absolute atomic E-state index is 0.0644. The number of rotatable bonds is 3. The number of nitrogens with zero attached hydrogens (tertiary/aromatic N) is 2. The predicted molar refractivity (Wildman–Crippen MR) is 96.9 cm³/mol. The Labute approximate surface area is 155 Å². The molecule has 0 atom stereocenters. The summed E-state index contributed by atoms with van der Waals surface area (Å²) in [6.45, 7) is 0. The first kappa shape index (κ1) is 17.3. The van der Waals surface area contributed by atoms with E-state index < -0.39 is 5.82 Å². The molecule has 5 nitrogen and oxygen atoms in total. The standard InChI is InChI=1S/C17H10BrClFN3O2/c1-25-13-5-8(14(18)15(19)16(13)24)4-9(7-21)17-22-11-3-2-10(20)6-12(11)23-17/h2-6,24H,1H3,(H,22,23)/b9-4-. The Bertz CT molecular complexity index is 1060. The number of hydrogen-bond acceptors (Lipinski definition) is 4. The maximum atomic E-state index is 13.3. The second-order valence-electron chi connectivity index (χ2n) is 5.06. The zero-order valence-corrected chi connectivity index (χ0v) is 15.1. The lowest BCUT2D eigenvalue weighted by Crippen LogP contribution is -1.90. The minimum Gasteiger partial charge on any atom is -0.503 e. The van der Waals surface area contributed by atoms with Gasteiger partial charge in [-0.2, -0.15) is 5.26 Å². The van der Waals surface area contributed by atoms with Gasteiger partial charge in [0.25, 0.3) is 0 Å². The lowest BCUT2D eigenvalue weighted by Gasteiger charge is -2.09. The number of nitrogens with one attached hydrogen (secondary N) is 1. The van der Waals surface area contributed by atoms with Crippen molar-refractivity contribution in [1.82, 2.24) is 9.97 Å². The molecule has 0 radical (unpaired) electrons. The van der Waals surface area contributed by atoms with Crippen LogP contribution in [0.1, 0.15) is 11.4 Å². The Balaban J connectivity index is 2.15. The Hall–Kier alpha value is -2.56. The molecule has 0 amide bonds. The molecular formula is C17H10BrClFN3O2. The van der Waals surface area contributed by atoms with Crippen LogP contribution >= 0.6 is 27.5 Å². The molecule has 126 valence electrons. The van der Waals surface area contributed by atoms with E-state index in [0.29, 0.717) is 21.1 Å². The lowest BCUT2D eigenvalue weighted by atomic mass is 10.1. The molecular weight excluding hydrogens is 413 g/mol. The van der Waals surface area contributed by atoms with Gasteiger partial charge in [-0.15, -0.1) is 0 Å². The highest BCUT2D eigenvalue weighted by Gasteiger charge is 2.16. The van der Waals surface area contributed by atoms with E-state index >= 15 is 0 Å². The molecule has 0 bridgehead atoms. The number of aromatic amines is 1. The Morgan fingerprint density at radius 1 is 1.48 bits per heavy atom. The van der Waals surface area contributed by atoms with Gasteiger partial charge in [-0.25, -0.2) is 9.37 Å². The van der Waals surface area contributed by atoms with Crippen LogP contribution in [-0.2, 0) is 0 Å². The Morgan fingerprint density at radius 3 is 2.92 bits per heavy atom. The van der Waals surface area contributed by atoms with E-state index in [1.807, 2.05) is 6.07 Å². The number of aromatic nitrogens is 2. The maximum absolute atomic E-state index is 13.3. The van der Waals surface area contributed by atoms with E-state index in [0.717, 1.165) is 0 Å². The van der Waals surface area contributed by atoms with E-state index in [4.69, 9.17) is 16.3 Å². The fourth-order valence-corrected chi connectivity index (χ4v) is 2.91. The van der Waals surface area contributed by atoms with Crippen molar-refractivity contribution in [3.63, 3.8) is 0 Å². The Morgan fingerprint density at radius 2 is 2.24 bits per heavy atom. The highest BCUT2D eigenvalue weighted by molar-refractivity contribution is 9.10. The number of hydrogen-bond donors (Lipinski definition) is 2. The SMILES string of the molecule is COc1cc(/C=C(/C#N)c2nc3ccc(F)cc3[nH]2)c(Br)c(Cl)c1O. The van der Waals surface area contributed by atoms with Crippen LogP contribution in [0.3, 0.4) is 0 Å². The van der Waals surface area contributed by atoms with Crippen LogP contribution < -0.4 is 4.74 Å². The van der Waals surface area contributed by atoms with Gasteiger partial charge >= 0.3 is 0 Å². The number of methoxy groups -OCH3 is 1. The van der Waals surface area contributed by atoms with Gasteiger partial charge in [0.1, 0.15) is 22.7 Å². The molecule has 1 aromatic heterocycles. The van der Waals surface area contributed by atoms with Gasteiger partial charge in [0.2, 0.25) is 0 Å². The number of allylic oxidation sites excluding steroid dienone is 1. The van der Waals surface area contributed by atoms with Crippen molar-refractivity contribution in [3.05, 3.63) is 51.0 Å². The van der Waals surface area contributed by atoms with Crippen LogP contribution in [0.5, 0.6) is 11.5 Å². The summed E-state index contributed by atoms with van der Waals surface area (Å²) in [7, 11) is 1.39. The summed E-state index contributed by atoms with van der Waals surface area (Å²) >= 11 is 9.35. The first-order chi connectivity index (χ1) is 11.9. The zero-order valence-electron chi connectivity index (χ0n) is 12.8. The van der Waals surface area contributed by atoms with Gasteiger partial charge in [-0.05, 0) is 51.8 Å². The first-order valence-corrected chi connectivity index (χ1v) is 8.14. The average Bonchev–Trinajstić information content (AvgIpc) is 3.02. The molecule has 0 aliphatic heterocycles. The van der Waals surface area contributed by atoms with Crippen LogP contribution in [0.25, 0.3) is 22.7 Å². The number of ether oxygens (including phenoxy) is 1. The smallest absolute Gasteiger partial charge is 0.177 e. The third-order valence-electron chi connectivity index (χ3n) is 3.51. The van der Waals surface area contributed by atoms with Crippen LogP contribution in [0.2, 0.25) is 5.02 Å². The molecule has 0 spiro atoms. The fraction of sp³-hybridized carbons (Fsp3) is 0.0588. The molecule has 0 saturated carbocycles. The van der Waals surface area contributed by atoms with E-state index in [9.17, 15) is 14.8 Å². The first-order valence-electron chi connectivity index (χ1n) is 6.97. The monoisotopic (exact) mass is 421 g/mol. The number of aromatic hydroxyl groups is 1. The van der Waals surface area contributed by atoms with Crippen LogP contribution in [0.15, 0.2) is 28.7 Å². The number of imidazole rings is 1. The van der Waals surface area contributed by atoms with Crippen molar-refractivity contribution >= 4 is 50.2 Å². The molecule has 2 N–H and O–H groups in total. The number of benzene rings is 2. The minimum atomic E-state index is -0.400. The summed E-state index contributed by atoms with van der Waals surface area (Å²) < 4.78 is 18.8. The zero-order chi connectivity index (χ0) is 18.1. The quantitative estimate of drug-likeness (QED) is 0.588. The third-order valence-corrected chi connectivity index (χ3v) is 4.96. The number of phenols is 1. The van der Waals surface area contributed by atoms with Crippen LogP contribution in [-0.4, -0.2) is 22.2 Å². The van der Waals surface area contributed by atoms with E-state index in [2.05, 4.69) is 25.9 Å². The maximum Gasteiger partial charge on any atom is 0.177 e. The molecule has 3 rings (SSSR count). The molecule has 0 fully saturated rings. The molecule has 8 heteroatoms. The Kier molecular flexibility index (Phi) is 4.66. The number of halogens is 3. The molecule has 3 aromatic rings. The molecule has 0 aliphatic rings. The van der Waals surface area contributed by atoms with Crippen molar-refractivity contribution < 1.29 is 14.2 Å². The van der Waals surface area contributed by atoms with Gasteiger partial charge in [-0.3, -0.25) is 0 Å². The summed E-state index contributed by atoms with van der Waals surface area (Å²) in [5.74, 6) is -0.143. The fourth-order valence-electron chi connectivity index (χ4n) is 2.29. The van der Waals surface area contributed by atoms with Crippen molar-refractivity contribution in [2.75, 3.05) is 7.11 Å². The summed E-state index contributed by atoms with van der Waals surface area (Å²) in [5, 5.41) is 19.5. The predicted octanol–water partition coefficient (Wildman–Crippen LogP) is 4.90. The van der Waals surface area contributed by atoms with Crippen molar-refractivity contribution in [2.45, 2.75) is 0 Å². The lowest BCUT2D eigenvalue weighted by molar-refractivity contribution is 0.373. The highest BCUT2D eigenvalue weighted by Crippen LogP contribution is 2.42. The highest BCUT2D eigenvalue weighted by atomic mass is 79.9. The molecule has 0 aliphatic carbocycles. The van der Waals surface area contributed by atoms with Gasteiger partial charge < -0.3 is 14.8 Å². The summed E-state index contributed by atoms with van der Waals surface area (Å²) in [4.78, 5) is 7.20. The third kappa shape index (κ3) is 3.18. The van der Waals surface area contributed by atoms with Gasteiger partial charge in [-0.1, -0.05) is 11.6 Å². The van der Waals surface area contributed by atoms with Gasteiger partial charge in [0.15, 0.2) is 11.5 Å². The van der Waals surface area contributed by atoms with Crippen LogP contribution in [0, 0.1) is 17.1 Å². The number of nitriles is 1. The summed E-state index contributed by atoms with van der Waals surface area (Å²) in [6.07, 6.45) is 1.53. The average molecular weight is 423 g/mol. The molecule has 1 heterocycles. The van der Waals surface area contributed by atoms with E-state index in [1.54, 1.807) is 0 Å². The normalized spacial score (nSPS) is 11.6. The van der Waals surface area contributed by atoms with E-state index in [-0.39, 0.29) is 27.9 Å². The van der Waals surface area contributed by atoms with E-state index in [1.165, 1.54) is 37.5 Å². The molecule has 0 unspecified atom stereocenters. The number of H-pyrrole nitrogens is 1. The summed E-state index contributed by atoms with van der Waals surface area (Å²) in [5.41, 5.74) is 1.75. The number of phenolic OH excluding ortho intramolecular Hbond substituents is 1. The van der Waals surface area contributed by atoms with Crippen molar-refractivity contribution in [2.24, 2.45) is 0 Å². The van der Waals surface area contributed by atoms with Crippen LogP contribution in [0.4, 0.5) is 4.39 Å². The van der Waals surface area contributed by atoms with Crippen molar-refractivity contribution in [1.29, 1.82) is 5.26 Å². The molecule has 25 heavy (non-hydrogen) atoms. The molecule has 0 saturated heterocycles. The second kappa shape index (κ2) is 6.75. The topological polar surface area (TPSA) is 81.9 Å². The summed E-state index contributed by atoms with van der Waals surface area (Å²) in [6, 6.07) is 7.70. The molecule has 2 aromatic carbocycles. The van der Waals surface area contributed by atoms with Gasteiger partial charge in [0, 0.05) is 4.47 Å². The van der Waals surface area contributed by atoms with Crippen molar-refractivity contribution in [3.8, 4) is 17.6 Å². The van der Waals surface area contributed by atoms with Gasteiger partial charge in [0.05, 0.1) is 23.7 Å². The number of fused-ring (bicyclic) bond motifs is 1.